The highest BCUT2D eigenvalue weighted by atomic mass is 19.1. The normalized spacial score (nSPS) is 24.2. The van der Waals surface area contributed by atoms with Crippen LogP contribution in [0.3, 0.4) is 0 Å². The standard InChI is InChI=1S/C25H26F2N4O3/c26-21-12-30-16-31(28)19(11-22(30)29-21)24-23(27)25(33-14-18-9-5-2-6-10-18)20(34-24)15-32-13-17-7-3-1-4-8-17/h1-12,20,23-25H,13-16,28H2/t20-,23+,24+,25-/m1/s1. The van der Waals surface area contributed by atoms with E-state index in [1.165, 1.54) is 11.2 Å². The molecular weight excluding hydrogens is 442 g/mol. The summed E-state index contributed by atoms with van der Waals surface area (Å²) in [7, 11) is 0. The van der Waals surface area contributed by atoms with Gasteiger partial charge in [-0.25, -0.2) is 15.2 Å². The van der Waals surface area contributed by atoms with Crippen molar-refractivity contribution in [3.05, 3.63) is 95.5 Å². The van der Waals surface area contributed by atoms with Gasteiger partial charge in [-0.1, -0.05) is 60.7 Å². The Bertz CT molecular complexity index is 1130. The van der Waals surface area contributed by atoms with Gasteiger partial charge in [-0.15, -0.1) is 0 Å². The van der Waals surface area contributed by atoms with Crippen LogP contribution >= 0.6 is 0 Å². The lowest BCUT2D eigenvalue weighted by atomic mass is 10.1. The zero-order valence-electron chi connectivity index (χ0n) is 18.5. The molecule has 0 saturated carbocycles. The first-order valence-corrected chi connectivity index (χ1v) is 11.1. The summed E-state index contributed by atoms with van der Waals surface area (Å²) in [5, 5.41) is 1.34. The van der Waals surface area contributed by atoms with Crippen molar-refractivity contribution in [3.63, 3.8) is 0 Å². The van der Waals surface area contributed by atoms with Gasteiger partial charge < -0.3 is 18.8 Å². The number of rotatable bonds is 8. The number of hydrazine groups is 1. The number of ether oxygens (including phenoxy) is 3. The van der Waals surface area contributed by atoms with Crippen LogP contribution in [0.5, 0.6) is 0 Å². The lowest BCUT2D eigenvalue weighted by molar-refractivity contribution is -0.0724. The predicted molar refractivity (Wildman–Crippen MR) is 121 cm³/mol. The van der Waals surface area contributed by atoms with Gasteiger partial charge >= 0.3 is 0 Å². The number of imidazole rings is 1. The van der Waals surface area contributed by atoms with Crippen LogP contribution in [0.15, 0.2) is 72.6 Å². The fraction of sp³-hybridized carbons (Fsp3) is 0.320. The van der Waals surface area contributed by atoms with E-state index in [-0.39, 0.29) is 19.9 Å². The van der Waals surface area contributed by atoms with E-state index < -0.39 is 30.4 Å². The van der Waals surface area contributed by atoms with E-state index in [1.807, 2.05) is 60.7 Å². The summed E-state index contributed by atoms with van der Waals surface area (Å²) in [4.78, 5) is 3.83. The van der Waals surface area contributed by atoms with Crippen LogP contribution in [0.25, 0.3) is 6.08 Å². The topological polar surface area (TPSA) is 74.8 Å². The third kappa shape index (κ3) is 4.88. The Hall–Kier alpha value is -3.11. The number of halogens is 2. The van der Waals surface area contributed by atoms with Crippen molar-refractivity contribution < 1.29 is 23.0 Å². The van der Waals surface area contributed by atoms with Crippen molar-refractivity contribution in [1.29, 1.82) is 0 Å². The molecule has 7 nitrogen and oxygen atoms in total. The van der Waals surface area contributed by atoms with Gasteiger partial charge in [-0.05, 0) is 11.1 Å². The molecule has 1 fully saturated rings. The molecule has 0 amide bonds. The lowest BCUT2D eigenvalue weighted by Crippen LogP contribution is -2.42. The Morgan fingerprint density at radius 2 is 1.71 bits per heavy atom. The highest BCUT2D eigenvalue weighted by molar-refractivity contribution is 5.49. The molecule has 1 aromatic heterocycles. The van der Waals surface area contributed by atoms with Gasteiger partial charge in [0.05, 0.1) is 31.7 Å². The SMILES string of the molecule is NN1Cn2cc(F)nc2C=C1[C@@H]1O[C@H](COCc2ccccc2)[C@@H](OCc2ccccc2)[C@H]1F. The molecule has 5 rings (SSSR count). The highest BCUT2D eigenvalue weighted by Crippen LogP contribution is 2.34. The van der Waals surface area contributed by atoms with Gasteiger partial charge in [0.1, 0.15) is 30.8 Å². The average Bonchev–Trinajstić information content (AvgIpc) is 3.36. The van der Waals surface area contributed by atoms with Crippen molar-refractivity contribution in [2.24, 2.45) is 5.84 Å². The second-order valence-corrected chi connectivity index (χ2v) is 8.37. The van der Waals surface area contributed by atoms with Gasteiger partial charge in [0.2, 0.25) is 5.95 Å². The first kappa shape index (κ1) is 22.7. The molecular formula is C25H26F2N4O3. The van der Waals surface area contributed by atoms with Gasteiger partial charge in [-0.2, -0.15) is 4.39 Å². The summed E-state index contributed by atoms with van der Waals surface area (Å²) < 4.78 is 48.9. The molecule has 0 spiro atoms. The monoisotopic (exact) mass is 468 g/mol. The number of nitrogens with two attached hydrogens (primary N) is 1. The van der Waals surface area contributed by atoms with Crippen molar-refractivity contribution in [1.82, 2.24) is 14.6 Å². The molecule has 0 unspecified atom stereocenters. The molecule has 0 aliphatic carbocycles. The van der Waals surface area contributed by atoms with Crippen molar-refractivity contribution in [2.75, 3.05) is 6.61 Å². The minimum Gasteiger partial charge on any atom is -0.374 e. The molecule has 1 saturated heterocycles. The van der Waals surface area contributed by atoms with Crippen LogP contribution < -0.4 is 5.84 Å². The Kier molecular flexibility index (Phi) is 6.68. The Morgan fingerprint density at radius 1 is 1.03 bits per heavy atom. The number of fused-ring (bicyclic) bond motifs is 1. The quantitative estimate of drug-likeness (QED) is 0.511. The van der Waals surface area contributed by atoms with Crippen molar-refractivity contribution in [3.8, 4) is 0 Å². The molecule has 0 bridgehead atoms. The number of alkyl halides is 1. The molecule has 9 heteroatoms. The molecule has 3 heterocycles. The Morgan fingerprint density at radius 3 is 2.41 bits per heavy atom. The van der Waals surface area contributed by atoms with Gasteiger partial charge in [0.25, 0.3) is 0 Å². The fourth-order valence-corrected chi connectivity index (χ4v) is 4.25. The smallest absolute Gasteiger partial charge is 0.231 e. The second-order valence-electron chi connectivity index (χ2n) is 8.37. The van der Waals surface area contributed by atoms with Crippen LogP contribution in [0, 0.1) is 5.95 Å². The number of hydrogen-bond acceptors (Lipinski definition) is 6. The van der Waals surface area contributed by atoms with Crippen molar-refractivity contribution in [2.45, 2.75) is 44.4 Å². The molecule has 2 aliphatic rings. The summed E-state index contributed by atoms with van der Waals surface area (Å²) in [6.45, 7) is 0.885. The van der Waals surface area contributed by atoms with E-state index in [0.29, 0.717) is 18.1 Å². The summed E-state index contributed by atoms with van der Waals surface area (Å²) >= 11 is 0. The number of aromatic nitrogens is 2. The fourth-order valence-electron chi connectivity index (χ4n) is 4.25. The van der Waals surface area contributed by atoms with Gasteiger partial charge in [0.15, 0.2) is 6.17 Å². The van der Waals surface area contributed by atoms with E-state index in [4.69, 9.17) is 20.1 Å². The molecule has 4 atom stereocenters. The molecule has 34 heavy (non-hydrogen) atoms. The molecule has 2 aliphatic heterocycles. The zero-order chi connectivity index (χ0) is 23.5. The van der Waals surface area contributed by atoms with Gasteiger partial charge in [0, 0.05) is 6.08 Å². The van der Waals surface area contributed by atoms with Crippen LogP contribution in [-0.2, 0) is 34.1 Å². The molecule has 0 radical (unpaired) electrons. The molecule has 178 valence electrons. The zero-order valence-corrected chi connectivity index (χ0v) is 18.5. The highest BCUT2D eigenvalue weighted by Gasteiger charge is 2.49. The number of nitrogens with zero attached hydrogens (tertiary/aromatic N) is 3. The summed E-state index contributed by atoms with van der Waals surface area (Å²) in [6.07, 6.45) is -1.22. The minimum atomic E-state index is -1.50. The van der Waals surface area contributed by atoms with Crippen LogP contribution in [-0.4, -0.2) is 45.7 Å². The third-order valence-corrected chi connectivity index (χ3v) is 5.95. The molecule has 3 aromatic rings. The Labute approximate surface area is 196 Å². The maximum Gasteiger partial charge on any atom is 0.231 e. The van der Waals surface area contributed by atoms with E-state index in [1.54, 1.807) is 10.6 Å². The maximum atomic E-state index is 15.8. The van der Waals surface area contributed by atoms with Crippen LogP contribution in [0.4, 0.5) is 8.78 Å². The van der Waals surface area contributed by atoms with E-state index >= 15 is 4.39 Å². The largest absolute Gasteiger partial charge is 0.374 e. The second kappa shape index (κ2) is 10.0. The first-order chi connectivity index (χ1) is 16.6. The minimum absolute atomic E-state index is 0.134. The summed E-state index contributed by atoms with van der Waals surface area (Å²) in [6, 6.07) is 19.3. The molecule has 2 N–H and O–H groups in total. The number of hydrogen-bond donors (Lipinski definition) is 1. The van der Waals surface area contributed by atoms with Crippen molar-refractivity contribution >= 4 is 6.08 Å². The van der Waals surface area contributed by atoms with Crippen LogP contribution in [0.1, 0.15) is 17.0 Å². The average molecular weight is 469 g/mol. The molecule has 2 aromatic carbocycles. The van der Waals surface area contributed by atoms with Gasteiger partial charge in [-0.3, -0.25) is 5.01 Å². The maximum absolute atomic E-state index is 15.8. The van der Waals surface area contributed by atoms with E-state index in [9.17, 15) is 4.39 Å². The van der Waals surface area contributed by atoms with E-state index in [2.05, 4.69) is 4.98 Å². The third-order valence-electron chi connectivity index (χ3n) is 5.95. The Balaban J connectivity index is 1.33. The first-order valence-electron chi connectivity index (χ1n) is 11.1. The summed E-state index contributed by atoms with van der Waals surface area (Å²) in [5.74, 6) is 5.89. The lowest BCUT2D eigenvalue weighted by Gasteiger charge is -2.30. The van der Waals surface area contributed by atoms with Crippen LogP contribution in [0.2, 0.25) is 0 Å². The van der Waals surface area contributed by atoms with E-state index in [0.717, 1.165) is 11.1 Å². The summed E-state index contributed by atoms with van der Waals surface area (Å²) in [5.41, 5.74) is 2.31. The number of benzene rings is 2. The predicted octanol–water partition coefficient (Wildman–Crippen LogP) is 3.42.